The summed E-state index contributed by atoms with van der Waals surface area (Å²) in [6.07, 6.45) is 0.175. The average molecular weight is 257 g/mol. The second-order valence-corrected chi connectivity index (χ2v) is 5.01. The van der Waals surface area contributed by atoms with E-state index < -0.39 is 0 Å². The summed E-state index contributed by atoms with van der Waals surface area (Å²) in [5.41, 5.74) is 0. The second-order valence-electron chi connectivity index (χ2n) is 4.03. The summed E-state index contributed by atoms with van der Waals surface area (Å²) in [5.74, 6) is 0. The van der Waals surface area contributed by atoms with Gasteiger partial charge in [-0.2, -0.15) is 0 Å². The Labute approximate surface area is 108 Å². The first-order chi connectivity index (χ1) is 8.24. The van der Waals surface area contributed by atoms with Gasteiger partial charge in [0.1, 0.15) is 0 Å². The van der Waals surface area contributed by atoms with Crippen molar-refractivity contribution in [3.63, 3.8) is 0 Å². The van der Waals surface area contributed by atoms with E-state index in [2.05, 4.69) is 29.8 Å². The third-order valence-corrected chi connectivity index (χ3v) is 3.54. The van der Waals surface area contributed by atoms with Gasteiger partial charge in [-0.05, 0) is 32.2 Å². The molecule has 17 heavy (non-hydrogen) atoms. The summed E-state index contributed by atoms with van der Waals surface area (Å²) in [4.78, 5) is 1.37. The molecule has 2 atom stereocenters. The lowest BCUT2D eigenvalue weighted by atomic mass is 10.3. The van der Waals surface area contributed by atoms with Crippen molar-refractivity contribution in [1.82, 2.24) is 5.32 Å². The zero-order valence-electron chi connectivity index (χ0n) is 10.9. The lowest BCUT2D eigenvalue weighted by molar-refractivity contribution is -0.00233. The average Bonchev–Trinajstić information content (AvgIpc) is 2.85. The van der Waals surface area contributed by atoms with E-state index in [1.54, 1.807) is 11.3 Å². The molecule has 0 saturated heterocycles. The van der Waals surface area contributed by atoms with Crippen molar-refractivity contribution in [3.05, 3.63) is 22.4 Å². The highest BCUT2D eigenvalue weighted by Gasteiger charge is 2.05. The van der Waals surface area contributed by atoms with Crippen LogP contribution in [-0.2, 0) is 9.47 Å². The number of ether oxygens (including phenoxy) is 2. The molecule has 0 bridgehead atoms. The molecule has 1 N–H and O–H groups in total. The summed E-state index contributed by atoms with van der Waals surface area (Å²) in [5, 5.41) is 5.55. The summed E-state index contributed by atoms with van der Waals surface area (Å²) in [6, 6.07) is 4.64. The van der Waals surface area contributed by atoms with E-state index in [0.717, 1.165) is 19.8 Å². The van der Waals surface area contributed by atoms with Crippen molar-refractivity contribution in [2.24, 2.45) is 0 Å². The third-order valence-electron chi connectivity index (χ3n) is 2.48. The predicted molar refractivity (Wildman–Crippen MR) is 72.6 cm³/mol. The fourth-order valence-corrected chi connectivity index (χ4v) is 2.26. The fraction of sp³-hybridized carbons (Fsp3) is 0.692. The summed E-state index contributed by atoms with van der Waals surface area (Å²) >= 11 is 1.78. The minimum Gasteiger partial charge on any atom is -0.379 e. The molecule has 0 amide bonds. The molecule has 0 aromatic carbocycles. The number of hydrogen-bond acceptors (Lipinski definition) is 4. The van der Waals surface area contributed by atoms with E-state index in [1.165, 1.54) is 4.88 Å². The Balaban J connectivity index is 2.04. The maximum atomic E-state index is 5.63. The van der Waals surface area contributed by atoms with Gasteiger partial charge < -0.3 is 14.8 Å². The first kappa shape index (κ1) is 14.6. The third kappa shape index (κ3) is 6.17. The maximum Gasteiger partial charge on any atom is 0.0781 e. The van der Waals surface area contributed by atoms with Gasteiger partial charge in [0.2, 0.25) is 0 Å². The zero-order valence-corrected chi connectivity index (χ0v) is 11.8. The highest BCUT2D eigenvalue weighted by Crippen LogP contribution is 2.17. The van der Waals surface area contributed by atoms with Crippen LogP contribution in [0.1, 0.15) is 31.7 Å². The fourth-order valence-electron chi connectivity index (χ4n) is 1.51. The van der Waals surface area contributed by atoms with Gasteiger partial charge in [0, 0.05) is 24.1 Å². The van der Waals surface area contributed by atoms with Gasteiger partial charge in [-0.1, -0.05) is 6.07 Å². The normalized spacial score (nSPS) is 14.8. The Morgan fingerprint density at radius 2 is 2.24 bits per heavy atom. The summed E-state index contributed by atoms with van der Waals surface area (Å²) in [7, 11) is 0. The van der Waals surface area contributed by atoms with Crippen LogP contribution in [0.15, 0.2) is 17.5 Å². The number of rotatable bonds is 9. The van der Waals surface area contributed by atoms with Crippen LogP contribution in [-0.4, -0.2) is 32.5 Å². The van der Waals surface area contributed by atoms with E-state index in [-0.39, 0.29) is 6.10 Å². The smallest absolute Gasteiger partial charge is 0.0781 e. The lowest BCUT2D eigenvalue weighted by Crippen LogP contribution is -2.26. The Kier molecular flexibility index (Phi) is 7.44. The van der Waals surface area contributed by atoms with Gasteiger partial charge in [0.15, 0.2) is 0 Å². The molecular formula is C13H23NO2S. The number of nitrogens with one attached hydrogen (secondary N) is 1. The van der Waals surface area contributed by atoms with Gasteiger partial charge in [0.05, 0.1) is 19.3 Å². The Morgan fingerprint density at radius 3 is 2.88 bits per heavy atom. The number of thiophene rings is 1. The van der Waals surface area contributed by atoms with Gasteiger partial charge in [-0.25, -0.2) is 0 Å². The SMILES string of the molecule is CCOCC(C)OCCNC(C)c1cccs1. The van der Waals surface area contributed by atoms with Crippen molar-refractivity contribution in [2.75, 3.05) is 26.4 Å². The molecule has 0 fully saturated rings. The molecule has 1 heterocycles. The Morgan fingerprint density at radius 1 is 1.41 bits per heavy atom. The molecule has 4 heteroatoms. The maximum absolute atomic E-state index is 5.63. The van der Waals surface area contributed by atoms with Crippen molar-refractivity contribution in [3.8, 4) is 0 Å². The second kappa shape index (κ2) is 8.64. The lowest BCUT2D eigenvalue weighted by Gasteiger charge is -2.15. The summed E-state index contributed by atoms with van der Waals surface area (Å²) in [6.45, 7) is 9.24. The quantitative estimate of drug-likeness (QED) is 0.690. The standard InChI is InChI=1S/C13H23NO2S/c1-4-15-10-11(2)16-8-7-14-12(3)13-6-5-9-17-13/h5-6,9,11-12,14H,4,7-8,10H2,1-3H3. The van der Waals surface area contributed by atoms with Crippen molar-refractivity contribution >= 4 is 11.3 Å². The van der Waals surface area contributed by atoms with Crippen molar-refractivity contribution in [1.29, 1.82) is 0 Å². The van der Waals surface area contributed by atoms with Crippen LogP contribution in [0.3, 0.4) is 0 Å². The van der Waals surface area contributed by atoms with Crippen molar-refractivity contribution < 1.29 is 9.47 Å². The Hall–Kier alpha value is -0.420. The highest BCUT2D eigenvalue weighted by atomic mass is 32.1. The largest absolute Gasteiger partial charge is 0.379 e. The van der Waals surface area contributed by atoms with E-state index in [4.69, 9.17) is 9.47 Å². The summed E-state index contributed by atoms with van der Waals surface area (Å²) < 4.78 is 10.9. The van der Waals surface area contributed by atoms with Crippen LogP contribution in [0.4, 0.5) is 0 Å². The predicted octanol–water partition coefficient (Wildman–Crippen LogP) is 2.84. The molecule has 2 unspecified atom stereocenters. The first-order valence-corrected chi connectivity index (χ1v) is 7.08. The van der Waals surface area contributed by atoms with Crippen LogP contribution in [0.2, 0.25) is 0 Å². The first-order valence-electron chi connectivity index (χ1n) is 6.20. The number of hydrogen-bond donors (Lipinski definition) is 1. The van der Waals surface area contributed by atoms with Gasteiger partial charge in [-0.3, -0.25) is 0 Å². The van der Waals surface area contributed by atoms with Crippen LogP contribution in [0, 0.1) is 0 Å². The molecular weight excluding hydrogens is 234 g/mol. The molecule has 3 nitrogen and oxygen atoms in total. The van der Waals surface area contributed by atoms with E-state index in [0.29, 0.717) is 12.6 Å². The van der Waals surface area contributed by atoms with Gasteiger partial charge in [-0.15, -0.1) is 11.3 Å². The van der Waals surface area contributed by atoms with Crippen LogP contribution >= 0.6 is 11.3 Å². The molecule has 0 aliphatic carbocycles. The molecule has 1 rings (SSSR count). The van der Waals surface area contributed by atoms with E-state index >= 15 is 0 Å². The van der Waals surface area contributed by atoms with Gasteiger partial charge in [0.25, 0.3) is 0 Å². The van der Waals surface area contributed by atoms with E-state index in [9.17, 15) is 0 Å². The highest BCUT2D eigenvalue weighted by molar-refractivity contribution is 7.10. The minimum absolute atomic E-state index is 0.175. The zero-order chi connectivity index (χ0) is 12.5. The van der Waals surface area contributed by atoms with Crippen LogP contribution in [0.5, 0.6) is 0 Å². The minimum atomic E-state index is 0.175. The van der Waals surface area contributed by atoms with Crippen LogP contribution in [0.25, 0.3) is 0 Å². The molecule has 0 spiro atoms. The molecule has 0 radical (unpaired) electrons. The monoisotopic (exact) mass is 257 g/mol. The topological polar surface area (TPSA) is 30.5 Å². The molecule has 0 saturated carbocycles. The Bertz CT molecular complexity index is 277. The molecule has 98 valence electrons. The molecule has 1 aromatic heterocycles. The van der Waals surface area contributed by atoms with E-state index in [1.807, 2.05) is 13.8 Å². The van der Waals surface area contributed by atoms with Gasteiger partial charge >= 0.3 is 0 Å². The molecule has 0 aliphatic heterocycles. The van der Waals surface area contributed by atoms with Crippen LogP contribution < -0.4 is 5.32 Å². The molecule has 1 aromatic rings. The molecule has 0 aliphatic rings. The van der Waals surface area contributed by atoms with Crippen molar-refractivity contribution in [2.45, 2.75) is 32.9 Å².